The van der Waals surface area contributed by atoms with Gasteiger partial charge in [-0.05, 0) is 35.9 Å². The molecule has 1 fully saturated rings. The quantitative estimate of drug-likeness (QED) is 0.222. The van der Waals surface area contributed by atoms with Crippen LogP contribution in [0.5, 0.6) is 11.5 Å². The molecule has 2 N–H and O–H groups in total. The van der Waals surface area contributed by atoms with Crippen LogP contribution in [0.25, 0.3) is 16.9 Å². The van der Waals surface area contributed by atoms with Crippen molar-refractivity contribution in [2.45, 2.75) is 12.8 Å². The number of aromatic nitrogens is 4. The summed E-state index contributed by atoms with van der Waals surface area (Å²) < 4.78 is 23.6. The van der Waals surface area contributed by atoms with Crippen LogP contribution in [-0.4, -0.2) is 65.1 Å². The molecule has 0 aliphatic carbocycles. The molecular weight excluding hydrogens is 591 g/mol. The van der Waals surface area contributed by atoms with E-state index in [-0.39, 0.29) is 58.5 Å². The number of methoxy groups -OCH3 is 2. The Morgan fingerprint density at radius 2 is 1.84 bits per heavy atom. The van der Waals surface area contributed by atoms with Crippen molar-refractivity contribution in [3.05, 3.63) is 89.9 Å². The zero-order valence-electron chi connectivity index (χ0n) is 25.9. The van der Waals surface area contributed by atoms with E-state index in [2.05, 4.69) is 20.4 Å². The molecule has 222 valence electrons. The summed E-state index contributed by atoms with van der Waals surface area (Å²) in [6.45, 7) is 1.65. The van der Waals surface area contributed by atoms with Gasteiger partial charge >= 0.3 is 57.4 Å². The number of para-hydroxylation sites is 1. The van der Waals surface area contributed by atoms with E-state index in [1.807, 2.05) is 72.6 Å². The first-order chi connectivity index (χ1) is 20.9. The van der Waals surface area contributed by atoms with Crippen molar-refractivity contribution in [3.63, 3.8) is 0 Å². The fraction of sp³-hybridized carbons (Fsp3) is 0.226. The molecule has 0 amide bonds. The van der Waals surface area contributed by atoms with Gasteiger partial charge in [0.1, 0.15) is 5.75 Å². The SMILES string of the molecule is COc1ccc(CN(C)c2cc(Nc3cccc(-c4ccc(C5OCCO5)cn4)c3OC)nn3c(C(=O)O)cnc23)cc1.[H-].[K+]. The molecule has 1 aliphatic heterocycles. The molecule has 5 aromatic rings. The maximum Gasteiger partial charge on any atom is 1.00 e. The second-order valence-electron chi connectivity index (χ2n) is 9.86. The molecular formula is C31H31KN6O6. The largest absolute Gasteiger partial charge is 1.00 e. The van der Waals surface area contributed by atoms with E-state index >= 15 is 0 Å². The van der Waals surface area contributed by atoms with Gasteiger partial charge in [0.05, 0.1) is 50.7 Å². The second-order valence-corrected chi connectivity index (χ2v) is 9.86. The van der Waals surface area contributed by atoms with Crippen molar-refractivity contribution in [2.24, 2.45) is 0 Å². The monoisotopic (exact) mass is 622 g/mol. The Morgan fingerprint density at radius 1 is 1.07 bits per heavy atom. The fourth-order valence-electron chi connectivity index (χ4n) is 4.98. The van der Waals surface area contributed by atoms with Crippen LogP contribution in [0.4, 0.5) is 17.2 Å². The summed E-state index contributed by atoms with van der Waals surface area (Å²) in [5, 5.41) is 17.7. The number of nitrogens with one attached hydrogen (secondary N) is 1. The Balaban J connectivity index is 0.00000230. The first-order valence-corrected chi connectivity index (χ1v) is 13.5. The van der Waals surface area contributed by atoms with Crippen molar-refractivity contribution in [1.29, 1.82) is 0 Å². The van der Waals surface area contributed by atoms with Crippen LogP contribution in [0.1, 0.15) is 29.3 Å². The van der Waals surface area contributed by atoms with E-state index in [9.17, 15) is 9.90 Å². The molecule has 0 radical (unpaired) electrons. The van der Waals surface area contributed by atoms with E-state index < -0.39 is 12.3 Å². The van der Waals surface area contributed by atoms with Gasteiger partial charge in [0, 0.05) is 37.0 Å². The third kappa shape index (κ3) is 6.59. The van der Waals surface area contributed by atoms with Gasteiger partial charge in [-0.15, -0.1) is 5.10 Å². The summed E-state index contributed by atoms with van der Waals surface area (Å²) in [7, 11) is 5.12. The second kappa shape index (κ2) is 14.0. The Labute approximate surface area is 297 Å². The zero-order valence-corrected chi connectivity index (χ0v) is 28.0. The van der Waals surface area contributed by atoms with Crippen LogP contribution in [-0.2, 0) is 16.0 Å². The number of hydrogen-bond donors (Lipinski definition) is 2. The fourth-order valence-corrected chi connectivity index (χ4v) is 4.98. The average molecular weight is 623 g/mol. The van der Waals surface area contributed by atoms with Crippen LogP contribution < -0.4 is 71.1 Å². The van der Waals surface area contributed by atoms with Crippen LogP contribution in [0.2, 0.25) is 0 Å². The number of imidazole rings is 1. The summed E-state index contributed by atoms with van der Waals surface area (Å²) in [6, 6.07) is 19.0. The average Bonchev–Trinajstić information content (AvgIpc) is 3.72. The number of ether oxygens (including phenoxy) is 4. The molecule has 1 saturated heterocycles. The Bertz CT molecular complexity index is 1760. The molecule has 44 heavy (non-hydrogen) atoms. The molecule has 12 nitrogen and oxygen atoms in total. The molecule has 4 heterocycles. The molecule has 0 saturated carbocycles. The predicted molar refractivity (Wildman–Crippen MR) is 160 cm³/mol. The summed E-state index contributed by atoms with van der Waals surface area (Å²) >= 11 is 0. The van der Waals surface area contributed by atoms with Gasteiger partial charge in [0.15, 0.2) is 29.2 Å². The topological polar surface area (TPSA) is 133 Å². The predicted octanol–water partition coefficient (Wildman–Crippen LogP) is 2.05. The van der Waals surface area contributed by atoms with Crippen LogP contribution in [0.3, 0.4) is 0 Å². The van der Waals surface area contributed by atoms with Gasteiger partial charge in [-0.25, -0.2) is 14.3 Å². The molecule has 2 aromatic carbocycles. The number of anilines is 3. The maximum atomic E-state index is 12.0. The van der Waals surface area contributed by atoms with Gasteiger partial charge in [-0.1, -0.05) is 24.3 Å². The summed E-state index contributed by atoms with van der Waals surface area (Å²) in [6.07, 6.45) is 2.63. The number of benzene rings is 2. The van der Waals surface area contributed by atoms with Crippen LogP contribution >= 0.6 is 0 Å². The zero-order chi connectivity index (χ0) is 29.9. The molecule has 0 spiro atoms. The number of pyridine rings is 1. The van der Waals surface area contributed by atoms with Crippen LogP contribution in [0, 0.1) is 0 Å². The van der Waals surface area contributed by atoms with Crippen LogP contribution in [0.15, 0.2) is 73.1 Å². The van der Waals surface area contributed by atoms with Gasteiger partial charge in [-0.3, -0.25) is 4.98 Å². The number of carboxylic acid groups (broad SMARTS) is 1. The molecule has 0 bridgehead atoms. The summed E-state index contributed by atoms with van der Waals surface area (Å²) in [4.78, 5) is 23.0. The van der Waals surface area contributed by atoms with E-state index in [1.165, 1.54) is 10.7 Å². The summed E-state index contributed by atoms with van der Waals surface area (Å²) in [5.41, 5.74) is 5.01. The minimum absolute atomic E-state index is 0. The van der Waals surface area contributed by atoms with Gasteiger partial charge in [-0.2, -0.15) is 0 Å². The molecule has 6 rings (SSSR count). The Kier molecular flexibility index (Phi) is 10.2. The van der Waals surface area contributed by atoms with Crippen molar-refractivity contribution in [2.75, 3.05) is 44.7 Å². The molecule has 1 aliphatic rings. The minimum Gasteiger partial charge on any atom is -1.00 e. The number of aromatic carboxylic acids is 1. The van der Waals surface area contributed by atoms with Gasteiger partial charge in [0.25, 0.3) is 0 Å². The van der Waals surface area contributed by atoms with Gasteiger partial charge < -0.3 is 35.7 Å². The normalized spacial score (nSPS) is 13.0. The molecule has 0 unspecified atom stereocenters. The number of hydrogen-bond acceptors (Lipinski definition) is 10. The van der Waals surface area contributed by atoms with Gasteiger partial charge in [0.2, 0.25) is 0 Å². The molecule has 13 heteroatoms. The smallest absolute Gasteiger partial charge is 1.00 e. The molecule has 0 atom stereocenters. The standard InChI is InChI=1S/C31H30N6O6.K.H/c1-36(18-19-7-10-21(40-2)11-8-19)25-15-27(35-37-26(30(38)39)17-33-29(25)37)34-24-6-4-5-22(28(24)41-3)23-12-9-20(16-32-23)31-42-13-14-43-31;;/h4-12,15-17,31H,13-14,18H2,1-3H3,(H,34,35)(H,38,39);;/q;+1;-1. The van der Waals surface area contributed by atoms with E-state index in [1.54, 1.807) is 20.4 Å². The number of carbonyl (C=O) groups is 1. The first kappa shape index (κ1) is 31.8. The number of nitrogens with zero attached hydrogens (tertiary/aromatic N) is 5. The number of fused-ring (bicyclic) bond motifs is 1. The van der Waals surface area contributed by atoms with E-state index in [0.717, 1.165) is 22.4 Å². The van der Waals surface area contributed by atoms with Crippen molar-refractivity contribution < 1.29 is 81.7 Å². The number of rotatable bonds is 10. The first-order valence-electron chi connectivity index (χ1n) is 13.5. The Morgan fingerprint density at radius 3 is 2.50 bits per heavy atom. The van der Waals surface area contributed by atoms with E-state index in [0.29, 0.717) is 54.0 Å². The Hall–Kier alpha value is -3.56. The van der Waals surface area contributed by atoms with Crippen molar-refractivity contribution >= 4 is 28.8 Å². The maximum absolute atomic E-state index is 12.0. The van der Waals surface area contributed by atoms with E-state index in [4.69, 9.17) is 18.9 Å². The van der Waals surface area contributed by atoms with Crippen molar-refractivity contribution in [1.82, 2.24) is 19.6 Å². The number of carboxylic acids is 1. The minimum atomic E-state index is -1.14. The van der Waals surface area contributed by atoms with Crippen molar-refractivity contribution in [3.8, 4) is 22.8 Å². The third-order valence-electron chi connectivity index (χ3n) is 7.10. The summed E-state index contributed by atoms with van der Waals surface area (Å²) in [5.74, 6) is 0.584. The molecule has 3 aromatic heterocycles. The third-order valence-corrected chi connectivity index (χ3v) is 7.10.